The summed E-state index contributed by atoms with van der Waals surface area (Å²) in [6.07, 6.45) is 1.55. The summed E-state index contributed by atoms with van der Waals surface area (Å²) < 4.78 is 15.7. The van der Waals surface area contributed by atoms with Gasteiger partial charge in [-0.1, -0.05) is 47.1 Å². The Morgan fingerprint density at radius 1 is 1.18 bits per heavy atom. The van der Waals surface area contributed by atoms with Gasteiger partial charge in [0.2, 0.25) is 0 Å². The second kappa shape index (κ2) is 8.93. The Hall–Kier alpha value is -2.68. The predicted molar refractivity (Wildman–Crippen MR) is 128 cm³/mol. The van der Waals surface area contributed by atoms with Gasteiger partial charge in [-0.25, -0.2) is 0 Å². The Kier molecular flexibility index (Phi) is 5.99. The number of rotatable bonds is 6. The van der Waals surface area contributed by atoms with Crippen LogP contribution in [0.25, 0.3) is 5.65 Å². The molecule has 0 saturated carbocycles. The lowest BCUT2D eigenvalue weighted by Crippen LogP contribution is -2.33. The molecule has 7 nitrogen and oxygen atoms in total. The van der Waals surface area contributed by atoms with Crippen LogP contribution in [0.4, 0.5) is 0 Å². The van der Waals surface area contributed by atoms with E-state index in [1.54, 1.807) is 16.7 Å². The molecular formula is C23H20Cl2N4O3S. The van der Waals surface area contributed by atoms with Crippen molar-refractivity contribution >= 4 is 46.4 Å². The first-order valence-electron chi connectivity index (χ1n) is 10.3. The van der Waals surface area contributed by atoms with Crippen molar-refractivity contribution in [2.75, 3.05) is 12.4 Å². The lowest BCUT2D eigenvalue weighted by Gasteiger charge is -2.27. The molecule has 4 heterocycles. The molecule has 0 aliphatic carbocycles. The second-order valence-corrected chi connectivity index (χ2v) is 9.57. The Balaban J connectivity index is 1.30. The number of hydrogen-bond acceptors (Lipinski definition) is 6. The van der Waals surface area contributed by atoms with Gasteiger partial charge in [-0.3, -0.25) is 9.20 Å². The van der Waals surface area contributed by atoms with E-state index >= 15 is 0 Å². The maximum Gasteiger partial charge on any atom is 0.196 e. The first-order valence-corrected chi connectivity index (χ1v) is 12.1. The van der Waals surface area contributed by atoms with Crippen molar-refractivity contribution < 1.29 is 14.3 Å². The zero-order valence-electron chi connectivity index (χ0n) is 17.9. The number of carbonyl (C=O) groups is 1. The number of nitrogens with zero attached hydrogens (tertiary/aromatic N) is 4. The van der Waals surface area contributed by atoms with E-state index in [4.69, 9.17) is 32.7 Å². The molecule has 33 heavy (non-hydrogen) atoms. The highest BCUT2D eigenvalue weighted by Crippen LogP contribution is 2.32. The largest absolute Gasteiger partial charge is 0.486 e. The molecule has 0 N–H and O–H groups in total. The zero-order chi connectivity index (χ0) is 23.1. The monoisotopic (exact) mass is 502 g/mol. The van der Waals surface area contributed by atoms with Crippen molar-refractivity contribution in [1.29, 1.82) is 0 Å². The SMILES string of the molecule is Cc1cc(C(=O)CSc2nnc3c(Cl)cc(Cl)cn23)c(C)n1CC1COc2ccccc2O1. The van der Waals surface area contributed by atoms with Gasteiger partial charge in [-0.2, -0.15) is 0 Å². The molecule has 170 valence electrons. The van der Waals surface area contributed by atoms with Gasteiger partial charge in [0.25, 0.3) is 0 Å². The van der Waals surface area contributed by atoms with Crippen molar-refractivity contribution in [3.05, 3.63) is 69.6 Å². The molecule has 4 aromatic rings. The maximum atomic E-state index is 13.1. The summed E-state index contributed by atoms with van der Waals surface area (Å²) in [7, 11) is 0. The number of aromatic nitrogens is 4. The number of ether oxygens (including phenoxy) is 2. The number of thioether (sulfide) groups is 1. The Labute approximate surface area is 204 Å². The van der Waals surface area contributed by atoms with E-state index in [9.17, 15) is 4.79 Å². The van der Waals surface area contributed by atoms with Gasteiger partial charge >= 0.3 is 0 Å². The molecule has 3 aromatic heterocycles. The van der Waals surface area contributed by atoms with E-state index in [0.29, 0.717) is 39.6 Å². The molecular weight excluding hydrogens is 483 g/mol. The van der Waals surface area contributed by atoms with E-state index < -0.39 is 0 Å². The third kappa shape index (κ3) is 4.30. The molecule has 1 aliphatic rings. The topological polar surface area (TPSA) is 70.7 Å². The molecule has 0 spiro atoms. The van der Waals surface area contributed by atoms with E-state index in [2.05, 4.69) is 14.8 Å². The number of carbonyl (C=O) groups excluding carboxylic acids is 1. The van der Waals surface area contributed by atoms with E-state index in [0.717, 1.165) is 22.9 Å². The number of Topliss-reactive ketones (excluding diaryl/α,β-unsaturated/α-hetero) is 1. The summed E-state index contributed by atoms with van der Waals surface area (Å²) in [5.41, 5.74) is 3.08. The van der Waals surface area contributed by atoms with Gasteiger partial charge < -0.3 is 14.0 Å². The summed E-state index contributed by atoms with van der Waals surface area (Å²) >= 11 is 13.6. The van der Waals surface area contributed by atoms with E-state index in [1.807, 2.05) is 44.2 Å². The van der Waals surface area contributed by atoms with Crippen LogP contribution in [0.5, 0.6) is 11.5 Å². The summed E-state index contributed by atoms with van der Waals surface area (Å²) in [5.74, 6) is 1.72. The first kappa shape index (κ1) is 22.1. The quantitative estimate of drug-likeness (QED) is 0.264. The Morgan fingerprint density at radius 2 is 1.97 bits per heavy atom. The van der Waals surface area contributed by atoms with Crippen LogP contribution < -0.4 is 9.47 Å². The smallest absolute Gasteiger partial charge is 0.196 e. The fraction of sp³-hybridized carbons (Fsp3) is 0.261. The third-order valence-electron chi connectivity index (χ3n) is 5.56. The maximum absolute atomic E-state index is 13.1. The summed E-state index contributed by atoms with van der Waals surface area (Å²) in [5, 5.41) is 9.68. The van der Waals surface area contributed by atoms with E-state index in [1.165, 1.54) is 11.8 Å². The number of ketones is 1. The number of benzene rings is 1. The van der Waals surface area contributed by atoms with Gasteiger partial charge in [0, 0.05) is 23.1 Å². The van der Waals surface area contributed by atoms with Gasteiger partial charge in [0.05, 0.1) is 22.3 Å². The standard InChI is InChI=1S/C23H20Cl2N4O3S/c1-13-7-17(14(2)28(13)10-16-11-31-20-5-3-4-6-21(20)32-16)19(30)12-33-23-27-26-22-18(25)8-15(24)9-29(22)23/h3-9,16H,10-12H2,1-2H3. The van der Waals surface area contributed by atoms with Crippen molar-refractivity contribution in [3.63, 3.8) is 0 Å². The lowest BCUT2D eigenvalue weighted by atomic mass is 10.2. The van der Waals surface area contributed by atoms with Gasteiger partial charge in [0.15, 0.2) is 34.2 Å². The number of fused-ring (bicyclic) bond motifs is 2. The molecule has 0 saturated heterocycles. The summed E-state index contributed by atoms with van der Waals surface area (Å²) in [4.78, 5) is 13.1. The second-order valence-electron chi connectivity index (χ2n) is 7.79. The third-order valence-corrected chi connectivity index (χ3v) is 6.98. The van der Waals surface area contributed by atoms with E-state index in [-0.39, 0.29) is 17.6 Å². The molecule has 0 amide bonds. The Morgan fingerprint density at radius 3 is 2.79 bits per heavy atom. The highest BCUT2D eigenvalue weighted by molar-refractivity contribution is 7.99. The van der Waals surface area contributed by atoms with Crippen molar-refractivity contribution in [1.82, 2.24) is 19.2 Å². The predicted octanol–water partition coefficient (Wildman–Crippen LogP) is 5.27. The number of hydrogen-bond donors (Lipinski definition) is 0. The van der Waals surface area contributed by atoms with Crippen molar-refractivity contribution in [2.24, 2.45) is 0 Å². The van der Waals surface area contributed by atoms with Crippen LogP contribution in [0, 0.1) is 13.8 Å². The molecule has 0 fully saturated rings. The Bertz CT molecular complexity index is 1370. The molecule has 0 radical (unpaired) electrons. The molecule has 1 unspecified atom stereocenters. The summed E-state index contributed by atoms with van der Waals surface area (Å²) in [6.45, 7) is 5.00. The fourth-order valence-corrected chi connectivity index (χ4v) is 5.23. The van der Waals surface area contributed by atoms with Crippen LogP contribution in [-0.4, -0.2) is 43.4 Å². The average Bonchev–Trinajstić information content (AvgIpc) is 3.33. The molecule has 1 atom stereocenters. The van der Waals surface area contributed by atoms with Crippen LogP contribution in [0.1, 0.15) is 21.7 Å². The van der Waals surface area contributed by atoms with Crippen LogP contribution in [0.3, 0.4) is 0 Å². The van der Waals surface area contributed by atoms with Crippen LogP contribution in [0.15, 0.2) is 47.8 Å². The van der Waals surface area contributed by atoms with Gasteiger partial charge in [-0.05, 0) is 38.1 Å². The van der Waals surface area contributed by atoms with Gasteiger partial charge in [-0.15, -0.1) is 10.2 Å². The first-order chi connectivity index (χ1) is 15.9. The number of halogens is 2. The minimum absolute atomic E-state index is 0.00961. The number of aryl methyl sites for hydroxylation is 1. The molecule has 1 aromatic carbocycles. The molecule has 5 rings (SSSR count). The van der Waals surface area contributed by atoms with Crippen LogP contribution >= 0.6 is 35.0 Å². The van der Waals surface area contributed by atoms with Crippen molar-refractivity contribution in [2.45, 2.75) is 31.7 Å². The fourth-order valence-electron chi connectivity index (χ4n) is 3.93. The number of pyridine rings is 1. The summed E-state index contributed by atoms with van der Waals surface area (Å²) in [6, 6.07) is 11.2. The minimum atomic E-state index is -0.140. The molecule has 1 aliphatic heterocycles. The molecule has 0 bridgehead atoms. The minimum Gasteiger partial charge on any atom is -0.486 e. The molecule has 10 heteroatoms. The van der Waals surface area contributed by atoms with Crippen molar-refractivity contribution in [3.8, 4) is 11.5 Å². The average molecular weight is 503 g/mol. The lowest BCUT2D eigenvalue weighted by molar-refractivity contribution is 0.0777. The highest BCUT2D eigenvalue weighted by atomic mass is 35.5. The normalized spacial score (nSPS) is 15.2. The van der Waals surface area contributed by atoms with Gasteiger partial charge in [0.1, 0.15) is 6.61 Å². The highest BCUT2D eigenvalue weighted by Gasteiger charge is 2.24. The number of para-hydroxylation sites is 2. The zero-order valence-corrected chi connectivity index (χ0v) is 20.2. The van der Waals surface area contributed by atoms with Crippen LogP contribution in [-0.2, 0) is 6.54 Å². The van der Waals surface area contributed by atoms with Crippen LogP contribution in [0.2, 0.25) is 10.0 Å².